The third-order valence-corrected chi connectivity index (χ3v) is 5.64. The Morgan fingerprint density at radius 2 is 2.08 bits per heavy atom. The van der Waals surface area contributed by atoms with Crippen LogP contribution in [-0.4, -0.2) is 54.1 Å². The van der Waals surface area contributed by atoms with Crippen LogP contribution in [0.5, 0.6) is 0 Å². The van der Waals surface area contributed by atoms with Gasteiger partial charge in [0.1, 0.15) is 0 Å². The second kappa shape index (κ2) is 7.25. The number of amides is 1. The molecule has 0 bridgehead atoms. The molecule has 0 unspecified atom stereocenters. The van der Waals surface area contributed by atoms with Crippen LogP contribution < -0.4 is 0 Å². The van der Waals surface area contributed by atoms with Gasteiger partial charge >= 0.3 is 0 Å². The molecule has 1 amide bonds. The van der Waals surface area contributed by atoms with Crippen molar-refractivity contribution in [2.45, 2.75) is 39.0 Å². The number of carbonyl (C=O) groups excluding carboxylic acids is 1. The minimum atomic E-state index is -0.0265. The Balaban J connectivity index is 1.48. The van der Waals surface area contributed by atoms with Gasteiger partial charge < -0.3 is 14.1 Å². The molecule has 0 N–H and O–H groups in total. The van der Waals surface area contributed by atoms with E-state index in [2.05, 4.69) is 36.9 Å². The molecular weight excluding hydrogens is 328 g/mol. The number of aryl methyl sites for hydroxylation is 2. The maximum absolute atomic E-state index is 12.8. The highest BCUT2D eigenvalue weighted by Crippen LogP contribution is 2.26. The highest BCUT2D eigenvalue weighted by Gasteiger charge is 2.40. The van der Waals surface area contributed by atoms with Crippen LogP contribution in [0.4, 0.5) is 0 Å². The number of hydrogen-bond donors (Lipinski definition) is 0. The maximum Gasteiger partial charge on any atom is 0.290 e. The zero-order chi connectivity index (χ0) is 18.1. The number of carbonyl (C=O) groups is 1. The first kappa shape index (κ1) is 17.3. The maximum atomic E-state index is 12.8. The van der Waals surface area contributed by atoms with Crippen molar-refractivity contribution in [1.29, 1.82) is 0 Å². The first-order valence-corrected chi connectivity index (χ1v) is 9.36. The van der Waals surface area contributed by atoms with Crippen LogP contribution in [0.15, 0.2) is 41.0 Å². The van der Waals surface area contributed by atoms with Gasteiger partial charge in [-0.2, -0.15) is 0 Å². The van der Waals surface area contributed by atoms with E-state index in [0.29, 0.717) is 18.9 Å². The average Bonchev–Trinajstić information content (AvgIpc) is 3.18. The first-order valence-electron chi connectivity index (χ1n) is 9.36. The summed E-state index contributed by atoms with van der Waals surface area (Å²) in [6.45, 7) is 8.27. The van der Waals surface area contributed by atoms with Crippen LogP contribution in [0.1, 0.15) is 33.7 Å². The number of nitrogens with zero attached hydrogens (tertiary/aromatic N) is 2. The molecule has 0 aliphatic carbocycles. The third kappa shape index (κ3) is 3.41. The standard InChI is InChI=1S/C21H26N2O3/c1-15-5-6-17(12-16(15)2)13-22-8-7-19-18(14-22)23(9-11-26-19)21(24)20-4-3-10-25-20/h3-6,10,12,18-19H,7-9,11,13-14H2,1-2H3/t18-,19-/m0/s1. The topological polar surface area (TPSA) is 45.9 Å². The molecule has 2 atom stereocenters. The second-order valence-corrected chi connectivity index (χ2v) is 7.39. The van der Waals surface area contributed by atoms with E-state index >= 15 is 0 Å². The number of benzene rings is 1. The summed E-state index contributed by atoms with van der Waals surface area (Å²) >= 11 is 0. The van der Waals surface area contributed by atoms with Gasteiger partial charge in [-0.1, -0.05) is 18.2 Å². The number of rotatable bonds is 3. The van der Waals surface area contributed by atoms with Crippen molar-refractivity contribution in [3.8, 4) is 0 Å². The molecule has 0 spiro atoms. The average molecular weight is 354 g/mol. The molecule has 1 aromatic carbocycles. The number of piperidine rings is 1. The van der Waals surface area contributed by atoms with E-state index in [1.807, 2.05) is 4.90 Å². The summed E-state index contributed by atoms with van der Waals surface area (Å²) in [5.41, 5.74) is 3.98. The van der Waals surface area contributed by atoms with E-state index in [9.17, 15) is 4.79 Å². The zero-order valence-corrected chi connectivity index (χ0v) is 15.5. The molecule has 0 radical (unpaired) electrons. The van der Waals surface area contributed by atoms with Gasteiger partial charge in [0.25, 0.3) is 5.91 Å². The summed E-state index contributed by atoms with van der Waals surface area (Å²) in [4.78, 5) is 17.2. The van der Waals surface area contributed by atoms with Gasteiger partial charge in [0.15, 0.2) is 5.76 Å². The summed E-state index contributed by atoms with van der Waals surface area (Å²) in [5.74, 6) is 0.387. The highest BCUT2D eigenvalue weighted by atomic mass is 16.5. The van der Waals surface area contributed by atoms with E-state index < -0.39 is 0 Å². The van der Waals surface area contributed by atoms with Gasteiger partial charge in [-0.15, -0.1) is 0 Å². The zero-order valence-electron chi connectivity index (χ0n) is 15.5. The van der Waals surface area contributed by atoms with E-state index in [-0.39, 0.29) is 18.1 Å². The van der Waals surface area contributed by atoms with Crippen LogP contribution in [-0.2, 0) is 11.3 Å². The second-order valence-electron chi connectivity index (χ2n) is 7.39. The fourth-order valence-electron chi connectivity index (χ4n) is 4.04. The van der Waals surface area contributed by atoms with E-state index in [4.69, 9.17) is 9.15 Å². The lowest BCUT2D eigenvalue weighted by Crippen LogP contribution is -2.61. The van der Waals surface area contributed by atoms with Crippen molar-refractivity contribution >= 4 is 5.91 Å². The Bertz CT molecular complexity index is 772. The number of likely N-dealkylation sites (tertiary alicyclic amines) is 1. The van der Waals surface area contributed by atoms with Crippen LogP contribution >= 0.6 is 0 Å². The van der Waals surface area contributed by atoms with Gasteiger partial charge in [-0.05, 0) is 49.1 Å². The van der Waals surface area contributed by atoms with Crippen LogP contribution in [0.25, 0.3) is 0 Å². The molecule has 1 aromatic heterocycles. The predicted molar refractivity (Wildman–Crippen MR) is 99.1 cm³/mol. The summed E-state index contributed by atoms with van der Waals surface area (Å²) in [7, 11) is 0. The molecule has 5 heteroatoms. The van der Waals surface area contributed by atoms with Crippen molar-refractivity contribution in [2.75, 3.05) is 26.2 Å². The lowest BCUT2D eigenvalue weighted by molar-refractivity contribution is -0.0919. The number of fused-ring (bicyclic) bond motifs is 1. The highest BCUT2D eigenvalue weighted by molar-refractivity contribution is 5.91. The van der Waals surface area contributed by atoms with Gasteiger partial charge in [0, 0.05) is 26.2 Å². The molecule has 2 aliphatic heterocycles. The van der Waals surface area contributed by atoms with E-state index in [1.165, 1.54) is 16.7 Å². The molecule has 2 fully saturated rings. The van der Waals surface area contributed by atoms with Gasteiger partial charge in [0.2, 0.25) is 0 Å². The van der Waals surface area contributed by atoms with Crippen LogP contribution in [0.2, 0.25) is 0 Å². The summed E-state index contributed by atoms with van der Waals surface area (Å²) in [6, 6.07) is 10.2. The number of furan rings is 1. The fourth-order valence-corrected chi connectivity index (χ4v) is 4.04. The van der Waals surface area contributed by atoms with Crippen LogP contribution in [0, 0.1) is 13.8 Å². The molecular formula is C21H26N2O3. The Labute approximate surface area is 154 Å². The van der Waals surface area contributed by atoms with E-state index in [1.54, 1.807) is 18.4 Å². The fraction of sp³-hybridized carbons (Fsp3) is 0.476. The van der Waals surface area contributed by atoms with Gasteiger partial charge in [0.05, 0.1) is 25.0 Å². The largest absolute Gasteiger partial charge is 0.459 e. The Kier molecular flexibility index (Phi) is 4.83. The van der Waals surface area contributed by atoms with Crippen molar-refractivity contribution in [3.63, 3.8) is 0 Å². The van der Waals surface area contributed by atoms with Gasteiger partial charge in [-0.3, -0.25) is 9.69 Å². The normalized spacial score (nSPS) is 23.7. The predicted octanol–water partition coefficient (Wildman–Crippen LogP) is 3.01. The van der Waals surface area contributed by atoms with E-state index in [0.717, 1.165) is 26.1 Å². The molecule has 138 valence electrons. The molecule has 26 heavy (non-hydrogen) atoms. The monoisotopic (exact) mass is 354 g/mol. The minimum Gasteiger partial charge on any atom is -0.459 e. The van der Waals surface area contributed by atoms with Crippen molar-refractivity contribution in [2.24, 2.45) is 0 Å². The molecule has 4 rings (SSSR count). The lowest BCUT2D eigenvalue weighted by atomic mass is 9.97. The Morgan fingerprint density at radius 1 is 1.19 bits per heavy atom. The van der Waals surface area contributed by atoms with Crippen molar-refractivity contribution < 1.29 is 13.9 Å². The number of morpholine rings is 1. The lowest BCUT2D eigenvalue weighted by Gasteiger charge is -2.46. The van der Waals surface area contributed by atoms with Crippen molar-refractivity contribution in [1.82, 2.24) is 9.80 Å². The molecule has 2 aromatic rings. The Morgan fingerprint density at radius 3 is 2.85 bits per heavy atom. The molecule has 0 saturated carbocycles. The first-order chi connectivity index (χ1) is 12.6. The smallest absolute Gasteiger partial charge is 0.290 e. The summed E-state index contributed by atoms with van der Waals surface area (Å²) in [5, 5.41) is 0. The van der Waals surface area contributed by atoms with Crippen molar-refractivity contribution in [3.05, 3.63) is 59.0 Å². The summed E-state index contributed by atoms with van der Waals surface area (Å²) in [6.07, 6.45) is 2.63. The molecule has 3 heterocycles. The third-order valence-electron chi connectivity index (χ3n) is 5.64. The van der Waals surface area contributed by atoms with Crippen LogP contribution in [0.3, 0.4) is 0 Å². The van der Waals surface area contributed by atoms with Gasteiger partial charge in [-0.25, -0.2) is 0 Å². The minimum absolute atomic E-state index is 0.0265. The summed E-state index contributed by atoms with van der Waals surface area (Å²) < 4.78 is 11.3. The Hall–Kier alpha value is -2.11. The number of hydrogen-bond acceptors (Lipinski definition) is 4. The molecule has 2 saturated heterocycles. The molecule has 5 nitrogen and oxygen atoms in total. The quantitative estimate of drug-likeness (QED) is 0.850. The SMILES string of the molecule is Cc1ccc(CN2CC[C@@H]3OCCN(C(=O)c4ccco4)[C@H]3C2)cc1C. The number of ether oxygens (including phenoxy) is 1. The molecule has 2 aliphatic rings.